The van der Waals surface area contributed by atoms with Crippen molar-refractivity contribution in [2.75, 3.05) is 65.7 Å². The smallest absolute Gasteiger partial charge is 0.239 e. The number of nitrogens with zero attached hydrogens (tertiary/aromatic N) is 2. The van der Waals surface area contributed by atoms with Crippen LogP contribution in [0.15, 0.2) is 42.5 Å². The normalized spacial score (nSPS) is 22.3. The molecule has 5 atom stereocenters. The number of carbonyl (C=O) groups excluding carboxylic acids is 1. The lowest BCUT2D eigenvalue weighted by atomic mass is 9.79. The number of hydrogen-bond acceptors (Lipinski definition) is 9. The highest BCUT2D eigenvalue weighted by Gasteiger charge is 2.42. The third-order valence-electron chi connectivity index (χ3n) is 8.36. The standard InChI is InChI=1S/C33H49N3O7/c1-23(34)32(37)36-20-31(43-21-24-7-12-30-29(17-24)35(14-16-42-30)13-6-15-39-3)28(25-8-10-27(41-5)11-9-25)18-26(36)19-33(2,38)22-40-4/h7-12,17,23,26,28,31,38H,6,13-16,18-22,34H2,1-5H3/t23-,26+,28+,31-,33?/m0/s1. The number of carbonyl (C=O) groups is 1. The van der Waals surface area contributed by atoms with Gasteiger partial charge in [0.15, 0.2) is 0 Å². The molecule has 238 valence electrons. The second kappa shape index (κ2) is 15.2. The maximum Gasteiger partial charge on any atom is 0.239 e. The zero-order chi connectivity index (χ0) is 31.0. The number of aliphatic hydroxyl groups is 1. The van der Waals surface area contributed by atoms with Gasteiger partial charge in [-0.05, 0) is 68.5 Å². The molecule has 3 N–H and O–H groups in total. The van der Waals surface area contributed by atoms with Crippen LogP contribution in [0.25, 0.3) is 0 Å². The predicted molar refractivity (Wildman–Crippen MR) is 166 cm³/mol. The van der Waals surface area contributed by atoms with E-state index in [1.807, 2.05) is 24.3 Å². The molecule has 0 aliphatic carbocycles. The molecule has 1 saturated heterocycles. The molecule has 2 aromatic rings. The van der Waals surface area contributed by atoms with Crippen LogP contribution in [0.3, 0.4) is 0 Å². The number of anilines is 1. The summed E-state index contributed by atoms with van der Waals surface area (Å²) in [4.78, 5) is 17.5. The molecule has 2 heterocycles. The molecule has 10 nitrogen and oxygen atoms in total. The number of hydrogen-bond donors (Lipinski definition) is 2. The zero-order valence-corrected chi connectivity index (χ0v) is 26.3. The fraction of sp³-hybridized carbons (Fsp3) is 0.606. The SMILES string of the molecule is COCCCN1CCOc2ccc(CO[C@H]3CN(C(=O)[C@H](C)N)[C@@H](CC(C)(O)COC)C[C@@H]3c3ccc(OC)cc3)cc21. The van der Waals surface area contributed by atoms with Crippen LogP contribution in [0, 0.1) is 0 Å². The van der Waals surface area contributed by atoms with Gasteiger partial charge in [0.05, 0.1) is 50.3 Å². The lowest BCUT2D eigenvalue weighted by molar-refractivity contribution is -0.145. The number of rotatable bonds is 14. The van der Waals surface area contributed by atoms with Gasteiger partial charge in [0, 0.05) is 45.9 Å². The minimum absolute atomic E-state index is 0.0158. The first-order valence-corrected chi connectivity index (χ1v) is 15.2. The van der Waals surface area contributed by atoms with E-state index < -0.39 is 11.6 Å². The summed E-state index contributed by atoms with van der Waals surface area (Å²) in [5.41, 5.74) is 8.19. The second-order valence-electron chi connectivity index (χ2n) is 12.0. The van der Waals surface area contributed by atoms with Crippen LogP contribution < -0.4 is 20.1 Å². The van der Waals surface area contributed by atoms with Gasteiger partial charge in [-0.3, -0.25) is 4.79 Å². The number of fused-ring (bicyclic) bond motifs is 1. The first-order valence-electron chi connectivity index (χ1n) is 15.2. The summed E-state index contributed by atoms with van der Waals surface area (Å²) in [6, 6.07) is 13.3. The molecular formula is C33H49N3O7. The Morgan fingerprint density at radius 3 is 2.60 bits per heavy atom. The van der Waals surface area contributed by atoms with Crippen molar-refractivity contribution in [2.45, 2.75) is 69.4 Å². The van der Waals surface area contributed by atoms with Crippen LogP contribution in [-0.2, 0) is 25.6 Å². The molecule has 0 spiro atoms. The van der Waals surface area contributed by atoms with Crippen molar-refractivity contribution in [1.29, 1.82) is 0 Å². The first-order chi connectivity index (χ1) is 20.7. The molecule has 43 heavy (non-hydrogen) atoms. The maximum atomic E-state index is 13.4. The van der Waals surface area contributed by atoms with Crippen molar-refractivity contribution >= 4 is 11.6 Å². The van der Waals surface area contributed by atoms with E-state index in [0.29, 0.717) is 39.2 Å². The quantitative estimate of drug-likeness (QED) is 0.316. The molecule has 0 saturated carbocycles. The first kappa shape index (κ1) is 33.0. The van der Waals surface area contributed by atoms with Gasteiger partial charge in [-0.1, -0.05) is 18.2 Å². The van der Waals surface area contributed by atoms with Crippen molar-refractivity contribution in [3.05, 3.63) is 53.6 Å². The molecule has 2 aromatic carbocycles. The average Bonchev–Trinajstić information content (AvgIpc) is 2.99. The van der Waals surface area contributed by atoms with Crippen molar-refractivity contribution in [2.24, 2.45) is 5.73 Å². The monoisotopic (exact) mass is 599 g/mol. The summed E-state index contributed by atoms with van der Waals surface area (Å²) in [6.07, 6.45) is 1.62. The third-order valence-corrected chi connectivity index (χ3v) is 8.36. The summed E-state index contributed by atoms with van der Waals surface area (Å²) in [5.74, 6) is 1.48. The van der Waals surface area contributed by atoms with Crippen molar-refractivity contribution in [1.82, 2.24) is 4.90 Å². The van der Waals surface area contributed by atoms with Crippen LogP contribution in [0.5, 0.6) is 11.5 Å². The minimum atomic E-state index is -1.10. The Balaban J connectivity index is 1.59. The highest BCUT2D eigenvalue weighted by molar-refractivity contribution is 5.81. The van der Waals surface area contributed by atoms with Gasteiger partial charge >= 0.3 is 0 Å². The number of ether oxygens (including phenoxy) is 5. The molecule has 1 unspecified atom stereocenters. The summed E-state index contributed by atoms with van der Waals surface area (Å²) in [7, 11) is 4.94. The van der Waals surface area contributed by atoms with E-state index in [1.165, 1.54) is 0 Å². The molecule has 2 aliphatic heterocycles. The fourth-order valence-electron chi connectivity index (χ4n) is 6.26. The Labute approximate surface area is 256 Å². The van der Waals surface area contributed by atoms with Gasteiger partial charge in [-0.2, -0.15) is 0 Å². The molecule has 0 bridgehead atoms. The number of nitrogens with two attached hydrogens (primary N) is 1. The molecule has 1 amide bonds. The van der Waals surface area contributed by atoms with E-state index in [2.05, 4.69) is 23.1 Å². The summed E-state index contributed by atoms with van der Waals surface area (Å²) in [5, 5.41) is 11.1. The molecule has 10 heteroatoms. The fourth-order valence-corrected chi connectivity index (χ4v) is 6.26. The number of methoxy groups -OCH3 is 3. The van der Waals surface area contributed by atoms with Gasteiger partial charge in [0.25, 0.3) is 0 Å². The third kappa shape index (κ3) is 8.61. The Bertz CT molecular complexity index is 1170. The highest BCUT2D eigenvalue weighted by Crippen LogP contribution is 2.39. The van der Waals surface area contributed by atoms with Crippen LogP contribution >= 0.6 is 0 Å². The molecule has 4 rings (SSSR count). The zero-order valence-electron chi connectivity index (χ0n) is 26.3. The van der Waals surface area contributed by atoms with E-state index in [9.17, 15) is 9.90 Å². The highest BCUT2D eigenvalue weighted by atomic mass is 16.5. The molecule has 2 aliphatic rings. The largest absolute Gasteiger partial charge is 0.497 e. The molecule has 1 fully saturated rings. The van der Waals surface area contributed by atoms with Gasteiger partial charge in [0.2, 0.25) is 5.91 Å². The number of amides is 1. The number of benzene rings is 2. The predicted octanol–water partition coefficient (Wildman–Crippen LogP) is 3.34. The van der Waals surface area contributed by atoms with Gasteiger partial charge in [-0.25, -0.2) is 0 Å². The van der Waals surface area contributed by atoms with E-state index >= 15 is 0 Å². The molecular weight excluding hydrogens is 550 g/mol. The lowest BCUT2D eigenvalue weighted by Crippen LogP contribution is -2.57. The summed E-state index contributed by atoms with van der Waals surface area (Å²) < 4.78 is 28.5. The van der Waals surface area contributed by atoms with Crippen molar-refractivity contribution in [3.8, 4) is 11.5 Å². The minimum Gasteiger partial charge on any atom is -0.497 e. The van der Waals surface area contributed by atoms with Crippen LogP contribution in [0.1, 0.15) is 50.2 Å². The van der Waals surface area contributed by atoms with Crippen LogP contribution in [-0.4, -0.2) is 100 Å². The topological polar surface area (TPSA) is 116 Å². The Hall–Kier alpha value is -2.89. The van der Waals surface area contributed by atoms with Gasteiger partial charge < -0.3 is 44.3 Å². The number of piperidine rings is 1. The summed E-state index contributed by atoms with van der Waals surface area (Å²) >= 11 is 0. The second-order valence-corrected chi connectivity index (χ2v) is 12.0. The van der Waals surface area contributed by atoms with Gasteiger partial charge in [-0.15, -0.1) is 0 Å². The Kier molecular flexibility index (Phi) is 11.7. The average molecular weight is 600 g/mol. The number of likely N-dealkylation sites (tertiary alicyclic amines) is 1. The Morgan fingerprint density at radius 2 is 1.93 bits per heavy atom. The van der Waals surface area contributed by atoms with E-state index in [0.717, 1.165) is 47.8 Å². The summed E-state index contributed by atoms with van der Waals surface area (Å²) in [6.45, 7) is 7.43. The van der Waals surface area contributed by atoms with Crippen molar-refractivity contribution < 1.29 is 33.6 Å². The van der Waals surface area contributed by atoms with Crippen molar-refractivity contribution in [3.63, 3.8) is 0 Å². The van der Waals surface area contributed by atoms with Crippen LogP contribution in [0.2, 0.25) is 0 Å². The van der Waals surface area contributed by atoms with E-state index in [4.69, 9.17) is 29.4 Å². The maximum absolute atomic E-state index is 13.4. The van der Waals surface area contributed by atoms with Crippen LogP contribution in [0.4, 0.5) is 5.69 Å². The Morgan fingerprint density at radius 1 is 1.16 bits per heavy atom. The lowest BCUT2D eigenvalue weighted by Gasteiger charge is -2.46. The molecule has 0 aromatic heterocycles. The van der Waals surface area contributed by atoms with E-state index in [-0.39, 0.29) is 30.6 Å². The van der Waals surface area contributed by atoms with Gasteiger partial charge in [0.1, 0.15) is 18.1 Å². The van der Waals surface area contributed by atoms with E-state index in [1.54, 1.807) is 40.1 Å². The molecule has 0 radical (unpaired) electrons.